The van der Waals surface area contributed by atoms with Gasteiger partial charge in [-0.1, -0.05) is 11.6 Å². The molecule has 1 fully saturated rings. The van der Waals surface area contributed by atoms with Crippen molar-refractivity contribution < 1.29 is 23.2 Å². The summed E-state index contributed by atoms with van der Waals surface area (Å²) >= 11 is 5.91. The van der Waals surface area contributed by atoms with Gasteiger partial charge in [0.15, 0.2) is 6.61 Å². The van der Waals surface area contributed by atoms with Crippen LogP contribution in [0.4, 0.5) is 5.69 Å². The number of hydrazone groups is 1. The quantitative estimate of drug-likeness (QED) is 0.403. The standard InChI is InChI=1S/C25H22ClN3O5/c26-19-9-8-16(13-20(19)27)25(31)34-14-22(30)29-24(21-7-3-11-33-21)18-6-1-4-15(23(18)28-29)12-17-5-2-10-32-17/h2-3,5,7-13,18,24H,1,4,6,14,27H2. The third-order valence-electron chi connectivity index (χ3n) is 6.01. The number of nitrogen functional groups attached to an aromatic ring is 1. The van der Waals surface area contributed by atoms with Crippen LogP contribution in [0.3, 0.4) is 0 Å². The molecule has 1 aromatic carbocycles. The van der Waals surface area contributed by atoms with Crippen molar-refractivity contribution in [3.8, 4) is 0 Å². The molecule has 2 aromatic heterocycles. The Morgan fingerprint density at radius 2 is 2.03 bits per heavy atom. The van der Waals surface area contributed by atoms with Crippen LogP contribution in [-0.4, -0.2) is 29.2 Å². The minimum Gasteiger partial charge on any atom is -0.467 e. The highest BCUT2D eigenvalue weighted by Gasteiger charge is 2.45. The molecule has 9 heteroatoms. The summed E-state index contributed by atoms with van der Waals surface area (Å²) in [4.78, 5) is 25.6. The number of amides is 1. The Kier molecular flexibility index (Phi) is 5.98. The van der Waals surface area contributed by atoms with Gasteiger partial charge < -0.3 is 19.3 Å². The molecule has 2 aliphatic rings. The van der Waals surface area contributed by atoms with Crippen LogP contribution in [0.5, 0.6) is 0 Å². The highest BCUT2D eigenvalue weighted by molar-refractivity contribution is 6.33. The van der Waals surface area contributed by atoms with E-state index in [1.165, 1.54) is 23.2 Å². The molecule has 2 unspecified atom stereocenters. The first-order valence-electron chi connectivity index (χ1n) is 10.9. The lowest BCUT2D eigenvalue weighted by atomic mass is 9.79. The summed E-state index contributed by atoms with van der Waals surface area (Å²) in [6.45, 7) is -0.473. The van der Waals surface area contributed by atoms with E-state index < -0.39 is 24.5 Å². The monoisotopic (exact) mass is 479 g/mol. The zero-order valence-corrected chi connectivity index (χ0v) is 18.9. The van der Waals surface area contributed by atoms with Crippen molar-refractivity contribution in [2.75, 3.05) is 12.3 Å². The zero-order valence-electron chi connectivity index (χ0n) is 18.1. The van der Waals surface area contributed by atoms with Crippen molar-refractivity contribution in [2.45, 2.75) is 25.3 Å². The number of carbonyl (C=O) groups is 2. The highest BCUT2D eigenvalue weighted by atomic mass is 35.5. The van der Waals surface area contributed by atoms with Gasteiger partial charge in [-0.3, -0.25) is 4.79 Å². The Morgan fingerprint density at radius 3 is 2.76 bits per heavy atom. The number of carbonyl (C=O) groups excluding carboxylic acids is 2. The molecule has 2 atom stereocenters. The van der Waals surface area contributed by atoms with Gasteiger partial charge in [-0.15, -0.1) is 0 Å². The van der Waals surface area contributed by atoms with Crippen LogP contribution in [0.25, 0.3) is 6.08 Å². The molecular weight excluding hydrogens is 458 g/mol. The Labute approximate surface area is 200 Å². The van der Waals surface area contributed by atoms with Gasteiger partial charge in [0.2, 0.25) is 0 Å². The third kappa shape index (κ3) is 4.24. The van der Waals surface area contributed by atoms with Crippen molar-refractivity contribution in [1.82, 2.24) is 5.01 Å². The van der Waals surface area contributed by atoms with Gasteiger partial charge in [0.25, 0.3) is 5.91 Å². The summed E-state index contributed by atoms with van der Waals surface area (Å²) in [7, 11) is 0. The average Bonchev–Trinajstić information content (AvgIpc) is 3.60. The number of nitrogens with zero attached hydrogens (tertiary/aromatic N) is 2. The van der Waals surface area contributed by atoms with Gasteiger partial charge in [0.05, 0.1) is 34.5 Å². The molecule has 8 nitrogen and oxygen atoms in total. The lowest BCUT2D eigenvalue weighted by Gasteiger charge is -2.27. The minimum atomic E-state index is -0.672. The second-order valence-electron chi connectivity index (χ2n) is 8.18. The van der Waals surface area contributed by atoms with Crippen molar-refractivity contribution in [1.29, 1.82) is 0 Å². The highest BCUT2D eigenvalue weighted by Crippen LogP contribution is 2.44. The SMILES string of the molecule is Nc1cc(C(=O)OCC(=O)N2N=C3C(=Cc4ccco4)CCCC3C2c2ccco2)ccc1Cl. The van der Waals surface area contributed by atoms with E-state index in [-0.39, 0.29) is 17.2 Å². The molecule has 3 heterocycles. The van der Waals surface area contributed by atoms with Crippen molar-refractivity contribution in [2.24, 2.45) is 11.0 Å². The summed E-state index contributed by atoms with van der Waals surface area (Å²) in [5.41, 5.74) is 8.07. The molecule has 2 N–H and O–H groups in total. The number of hydrogen-bond donors (Lipinski definition) is 1. The maximum Gasteiger partial charge on any atom is 0.338 e. The molecule has 0 saturated heterocycles. The second-order valence-corrected chi connectivity index (χ2v) is 8.59. The fourth-order valence-corrected chi connectivity index (χ4v) is 4.56. The van der Waals surface area contributed by atoms with Crippen molar-refractivity contribution in [3.63, 3.8) is 0 Å². The molecule has 1 aliphatic heterocycles. The number of esters is 1. The van der Waals surface area contributed by atoms with Gasteiger partial charge in [-0.05, 0) is 73.4 Å². The van der Waals surface area contributed by atoms with Crippen LogP contribution in [0.2, 0.25) is 5.02 Å². The smallest absolute Gasteiger partial charge is 0.338 e. The molecular formula is C25H22ClN3O5. The first-order valence-corrected chi connectivity index (χ1v) is 11.3. The maximum absolute atomic E-state index is 13.2. The number of fused-ring (bicyclic) bond motifs is 1. The van der Waals surface area contributed by atoms with Gasteiger partial charge in [-0.25, -0.2) is 9.80 Å². The van der Waals surface area contributed by atoms with Crippen LogP contribution in [-0.2, 0) is 9.53 Å². The van der Waals surface area contributed by atoms with Crippen molar-refractivity contribution in [3.05, 3.63) is 82.7 Å². The second kappa shape index (κ2) is 9.23. The first kappa shape index (κ1) is 22.0. The predicted molar refractivity (Wildman–Crippen MR) is 126 cm³/mol. The molecule has 5 rings (SSSR count). The average molecular weight is 480 g/mol. The van der Waals surface area contributed by atoms with E-state index in [0.717, 1.165) is 36.3 Å². The predicted octanol–water partition coefficient (Wildman–Crippen LogP) is 5.09. The molecule has 174 valence electrons. The molecule has 0 spiro atoms. The Morgan fingerprint density at radius 1 is 1.21 bits per heavy atom. The Hall–Kier alpha value is -3.78. The molecule has 34 heavy (non-hydrogen) atoms. The summed E-state index contributed by atoms with van der Waals surface area (Å²) in [5, 5.41) is 6.40. The number of halogens is 1. The van der Waals surface area contributed by atoms with Gasteiger partial charge in [0, 0.05) is 5.92 Å². The number of anilines is 1. The molecule has 3 aromatic rings. The van der Waals surface area contributed by atoms with Crippen LogP contribution in [0.15, 0.2) is 74.5 Å². The molecule has 1 aliphatic carbocycles. The van der Waals surface area contributed by atoms with Gasteiger partial charge >= 0.3 is 5.97 Å². The van der Waals surface area contributed by atoms with E-state index >= 15 is 0 Å². The van der Waals surface area contributed by atoms with Gasteiger partial charge in [-0.2, -0.15) is 5.10 Å². The lowest BCUT2D eigenvalue weighted by molar-refractivity contribution is -0.137. The topological polar surface area (TPSA) is 111 Å². The number of hydrogen-bond acceptors (Lipinski definition) is 7. The molecule has 0 bridgehead atoms. The van der Waals surface area contributed by atoms with E-state index in [4.69, 9.17) is 30.9 Å². The number of nitrogens with two attached hydrogens (primary N) is 1. The fourth-order valence-electron chi connectivity index (χ4n) is 4.44. The molecule has 0 radical (unpaired) electrons. The number of furan rings is 2. The Balaban J connectivity index is 1.38. The first-order chi connectivity index (χ1) is 16.5. The summed E-state index contributed by atoms with van der Waals surface area (Å²) in [6.07, 6.45) is 7.78. The number of benzene rings is 1. The summed E-state index contributed by atoms with van der Waals surface area (Å²) in [6, 6.07) is 11.3. The fraction of sp³-hybridized carbons (Fsp3) is 0.240. The van der Waals surface area contributed by atoms with Crippen LogP contribution < -0.4 is 5.73 Å². The normalized spacial score (nSPS) is 20.8. The van der Waals surface area contributed by atoms with E-state index in [0.29, 0.717) is 10.8 Å². The summed E-state index contributed by atoms with van der Waals surface area (Å²) < 4.78 is 16.4. The van der Waals surface area contributed by atoms with E-state index in [9.17, 15) is 9.59 Å². The number of ether oxygens (including phenoxy) is 1. The van der Waals surface area contributed by atoms with E-state index in [1.54, 1.807) is 18.6 Å². The van der Waals surface area contributed by atoms with E-state index in [1.807, 2.05) is 24.3 Å². The number of rotatable bonds is 5. The maximum atomic E-state index is 13.2. The van der Waals surface area contributed by atoms with Crippen LogP contribution in [0.1, 0.15) is 47.2 Å². The lowest BCUT2D eigenvalue weighted by Crippen LogP contribution is -2.34. The van der Waals surface area contributed by atoms with E-state index in [2.05, 4.69) is 5.10 Å². The molecule has 1 saturated carbocycles. The zero-order chi connectivity index (χ0) is 23.7. The van der Waals surface area contributed by atoms with Crippen molar-refractivity contribution >= 4 is 41.0 Å². The number of allylic oxidation sites excluding steroid dienone is 1. The molecule has 1 amide bonds. The van der Waals surface area contributed by atoms with Crippen LogP contribution >= 0.6 is 11.6 Å². The Bertz CT molecular complexity index is 1260. The minimum absolute atomic E-state index is 0.0307. The largest absolute Gasteiger partial charge is 0.467 e. The summed E-state index contributed by atoms with van der Waals surface area (Å²) in [5.74, 6) is 0.212. The van der Waals surface area contributed by atoms with Crippen LogP contribution in [0, 0.1) is 5.92 Å². The third-order valence-corrected chi connectivity index (χ3v) is 6.35. The van der Waals surface area contributed by atoms with Gasteiger partial charge in [0.1, 0.15) is 17.6 Å².